The quantitative estimate of drug-likeness (QED) is 0.417. The molecule has 6 heteroatoms. The number of nitrogens with two attached hydrogens (primary N) is 1. The van der Waals surface area contributed by atoms with Gasteiger partial charge in [0.15, 0.2) is 0 Å². The van der Waals surface area contributed by atoms with Crippen LogP contribution < -0.4 is 31.0 Å². The average molecular weight is 455 g/mol. The van der Waals surface area contributed by atoms with E-state index in [1.807, 2.05) is 56.3 Å². The lowest BCUT2D eigenvalue weighted by Crippen LogP contribution is -2.32. The third kappa shape index (κ3) is 7.99. The molecule has 0 amide bonds. The van der Waals surface area contributed by atoms with Gasteiger partial charge in [-0.05, 0) is 64.6 Å². The minimum absolute atomic E-state index is 0.305. The molecule has 2 aromatic rings. The normalized spacial score (nSPS) is 12.3. The lowest BCUT2D eigenvalue weighted by Gasteiger charge is -2.16. The Morgan fingerprint density at radius 2 is 1.73 bits per heavy atom. The second kappa shape index (κ2) is 15.5. The molecule has 0 aromatic heterocycles. The number of carbonyl (C=O) groups is 1. The van der Waals surface area contributed by atoms with E-state index in [0.717, 1.165) is 40.5 Å². The Morgan fingerprint density at radius 3 is 2.27 bits per heavy atom. The summed E-state index contributed by atoms with van der Waals surface area (Å²) in [6.07, 6.45) is 5.83. The van der Waals surface area contributed by atoms with Gasteiger partial charge in [-0.2, -0.15) is 0 Å². The number of methoxy groups -OCH3 is 1. The molecule has 3 N–H and O–H groups in total. The Morgan fingerprint density at radius 1 is 1.03 bits per heavy atom. The second-order valence-electron chi connectivity index (χ2n) is 6.79. The zero-order chi connectivity index (χ0) is 24.6. The van der Waals surface area contributed by atoms with Gasteiger partial charge in [-0.3, -0.25) is 0 Å². The van der Waals surface area contributed by atoms with Gasteiger partial charge >= 0.3 is 5.97 Å². The SMILES string of the molecule is CN.C\C=C(C(=O)OCC)/C(Nc1ccc(OCC)cc1)=c1/cccc(OC)/c1=C\CCC. The van der Waals surface area contributed by atoms with Gasteiger partial charge in [-0.1, -0.05) is 37.6 Å². The molecular formula is C27H38N2O4. The Balaban J connectivity index is 0.00000265. The number of nitrogens with one attached hydrogen (secondary N) is 1. The predicted molar refractivity (Wildman–Crippen MR) is 137 cm³/mol. The van der Waals surface area contributed by atoms with Gasteiger partial charge in [0.1, 0.15) is 11.5 Å². The highest BCUT2D eigenvalue weighted by molar-refractivity contribution is 6.04. The van der Waals surface area contributed by atoms with Crippen molar-refractivity contribution in [2.45, 2.75) is 40.5 Å². The van der Waals surface area contributed by atoms with Crippen molar-refractivity contribution in [3.8, 4) is 11.5 Å². The molecule has 2 rings (SSSR count). The minimum atomic E-state index is -0.373. The second-order valence-corrected chi connectivity index (χ2v) is 6.79. The minimum Gasteiger partial charge on any atom is -0.496 e. The molecule has 0 aliphatic rings. The maximum absolute atomic E-state index is 12.8. The van der Waals surface area contributed by atoms with Crippen LogP contribution in [0.2, 0.25) is 0 Å². The standard InChI is InChI=1S/C26H33NO4.CH5N/c1-6-10-12-22-23(13-11-14-24(22)29-5)25(21(7-2)26(28)31-9-4)27-19-15-17-20(18-16-19)30-8-3;1-2/h7,11-18,27H,6,8-10H2,1-5H3;2H2,1H3/b21-7+,22-12-,25-23+;. The third-order valence-electron chi connectivity index (χ3n) is 4.68. The van der Waals surface area contributed by atoms with Crippen LogP contribution in [0, 0.1) is 0 Å². The van der Waals surface area contributed by atoms with Gasteiger partial charge in [-0.15, -0.1) is 0 Å². The molecule has 0 heterocycles. The summed E-state index contributed by atoms with van der Waals surface area (Å²) in [5.41, 5.74) is 6.48. The van der Waals surface area contributed by atoms with Gasteiger partial charge in [0.05, 0.1) is 31.6 Å². The summed E-state index contributed by atoms with van der Waals surface area (Å²) in [6, 6.07) is 13.5. The first-order valence-electron chi connectivity index (χ1n) is 11.4. The molecule has 0 aliphatic carbocycles. The van der Waals surface area contributed by atoms with Crippen LogP contribution in [-0.2, 0) is 9.53 Å². The Hall–Kier alpha value is -3.25. The molecule has 33 heavy (non-hydrogen) atoms. The van der Waals surface area contributed by atoms with E-state index in [-0.39, 0.29) is 5.97 Å². The summed E-state index contributed by atoms with van der Waals surface area (Å²) in [5.74, 6) is 1.18. The van der Waals surface area contributed by atoms with E-state index in [9.17, 15) is 4.79 Å². The monoisotopic (exact) mass is 454 g/mol. The number of carbonyl (C=O) groups excluding carboxylic acids is 1. The largest absolute Gasteiger partial charge is 0.496 e. The van der Waals surface area contributed by atoms with Crippen LogP contribution in [0.1, 0.15) is 40.5 Å². The zero-order valence-corrected chi connectivity index (χ0v) is 20.7. The number of benzene rings is 2. The molecular weight excluding hydrogens is 416 g/mol. The van der Waals surface area contributed by atoms with E-state index >= 15 is 0 Å². The highest BCUT2D eigenvalue weighted by atomic mass is 16.5. The van der Waals surface area contributed by atoms with Crippen LogP contribution in [0.3, 0.4) is 0 Å². The van der Waals surface area contributed by atoms with Crippen molar-refractivity contribution < 1.29 is 19.0 Å². The van der Waals surface area contributed by atoms with E-state index in [2.05, 4.69) is 24.1 Å². The summed E-state index contributed by atoms with van der Waals surface area (Å²) in [4.78, 5) is 12.8. The van der Waals surface area contributed by atoms with Gasteiger partial charge < -0.3 is 25.3 Å². The van der Waals surface area contributed by atoms with Gasteiger partial charge in [0.25, 0.3) is 0 Å². The molecule has 0 saturated heterocycles. The van der Waals surface area contributed by atoms with Crippen LogP contribution in [0.5, 0.6) is 11.5 Å². The highest BCUT2D eigenvalue weighted by Gasteiger charge is 2.17. The number of rotatable bonds is 10. The summed E-state index contributed by atoms with van der Waals surface area (Å²) in [6.45, 7) is 8.63. The average Bonchev–Trinajstić information content (AvgIpc) is 2.85. The van der Waals surface area contributed by atoms with E-state index in [1.54, 1.807) is 20.1 Å². The molecule has 0 bridgehead atoms. The molecule has 2 aromatic carbocycles. The van der Waals surface area contributed by atoms with Crippen molar-refractivity contribution in [3.63, 3.8) is 0 Å². The first-order valence-corrected chi connectivity index (χ1v) is 11.4. The first kappa shape index (κ1) is 27.8. The molecule has 6 nitrogen and oxygen atoms in total. The fourth-order valence-corrected chi connectivity index (χ4v) is 3.24. The van der Waals surface area contributed by atoms with E-state index in [0.29, 0.717) is 24.5 Å². The molecule has 0 unspecified atom stereocenters. The maximum atomic E-state index is 12.8. The highest BCUT2D eigenvalue weighted by Crippen LogP contribution is 2.21. The molecule has 0 saturated carbocycles. The van der Waals surface area contributed by atoms with Crippen molar-refractivity contribution in [2.75, 3.05) is 32.7 Å². The van der Waals surface area contributed by atoms with Crippen molar-refractivity contribution in [1.82, 2.24) is 0 Å². The number of anilines is 1. The van der Waals surface area contributed by atoms with Gasteiger partial charge in [0, 0.05) is 16.1 Å². The van der Waals surface area contributed by atoms with Gasteiger partial charge in [0.2, 0.25) is 0 Å². The Labute approximate surface area is 197 Å². The van der Waals surface area contributed by atoms with Crippen LogP contribution in [-0.4, -0.2) is 33.3 Å². The van der Waals surface area contributed by atoms with Gasteiger partial charge in [-0.25, -0.2) is 4.79 Å². The summed E-state index contributed by atoms with van der Waals surface area (Å²) < 4.78 is 16.5. The fourth-order valence-electron chi connectivity index (χ4n) is 3.24. The van der Waals surface area contributed by atoms with Crippen molar-refractivity contribution in [3.05, 3.63) is 64.6 Å². The number of ether oxygens (including phenoxy) is 3. The number of hydrogen-bond donors (Lipinski definition) is 2. The predicted octanol–water partition coefficient (Wildman–Crippen LogP) is 3.98. The van der Waals surface area contributed by atoms with E-state index in [4.69, 9.17) is 14.2 Å². The van der Waals surface area contributed by atoms with Crippen molar-refractivity contribution in [2.24, 2.45) is 5.73 Å². The van der Waals surface area contributed by atoms with Crippen LogP contribution in [0.25, 0.3) is 11.8 Å². The third-order valence-corrected chi connectivity index (χ3v) is 4.68. The summed E-state index contributed by atoms with van der Waals surface area (Å²) in [5, 5.41) is 5.27. The summed E-state index contributed by atoms with van der Waals surface area (Å²) >= 11 is 0. The molecule has 0 radical (unpaired) electrons. The van der Waals surface area contributed by atoms with Crippen LogP contribution in [0.4, 0.5) is 5.69 Å². The lowest BCUT2D eigenvalue weighted by molar-refractivity contribution is -0.138. The maximum Gasteiger partial charge on any atom is 0.339 e. The molecule has 0 atom stereocenters. The molecule has 0 fully saturated rings. The Bertz CT molecular complexity index is 1010. The molecule has 180 valence electrons. The number of allylic oxidation sites excluding steroid dienone is 1. The smallest absolute Gasteiger partial charge is 0.339 e. The van der Waals surface area contributed by atoms with Crippen molar-refractivity contribution >= 4 is 23.4 Å². The first-order chi connectivity index (χ1) is 16.1. The molecule has 0 spiro atoms. The van der Waals surface area contributed by atoms with E-state index in [1.165, 1.54) is 7.05 Å². The number of hydrogen-bond acceptors (Lipinski definition) is 6. The van der Waals surface area contributed by atoms with E-state index < -0.39 is 0 Å². The Kier molecular flexibility index (Phi) is 13.1. The van der Waals surface area contributed by atoms with Crippen LogP contribution in [0.15, 0.2) is 54.1 Å². The lowest BCUT2D eigenvalue weighted by atomic mass is 10.1. The number of unbranched alkanes of at least 4 members (excludes halogenated alkanes) is 1. The molecule has 0 aliphatic heterocycles. The summed E-state index contributed by atoms with van der Waals surface area (Å²) in [7, 11) is 3.16. The zero-order valence-electron chi connectivity index (χ0n) is 20.7. The van der Waals surface area contributed by atoms with Crippen LogP contribution >= 0.6 is 0 Å². The fraction of sp³-hybridized carbons (Fsp3) is 0.370. The van der Waals surface area contributed by atoms with Crippen molar-refractivity contribution in [1.29, 1.82) is 0 Å². The topological polar surface area (TPSA) is 82.8 Å². The number of esters is 1.